The number of hydrogen-bond donors (Lipinski definition) is 1. The van der Waals surface area contributed by atoms with Crippen LogP contribution in [0.2, 0.25) is 0 Å². The van der Waals surface area contributed by atoms with E-state index in [1.165, 1.54) is 14.2 Å². The summed E-state index contributed by atoms with van der Waals surface area (Å²) >= 11 is 0. The van der Waals surface area contributed by atoms with Crippen molar-refractivity contribution >= 4 is 23.5 Å². The Kier molecular flexibility index (Phi) is 9.33. The fraction of sp³-hybridized carbons (Fsp3) is 0.654. The maximum atomic E-state index is 12.8. The second-order valence-electron chi connectivity index (χ2n) is 9.43. The fourth-order valence-electron chi connectivity index (χ4n) is 4.93. The highest BCUT2D eigenvalue weighted by Crippen LogP contribution is 2.24. The molecule has 2 fully saturated rings. The van der Waals surface area contributed by atoms with E-state index in [1.54, 1.807) is 4.90 Å². The number of amides is 1. The van der Waals surface area contributed by atoms with Gasteiger partial charge in [0.05, 0.1) is 20.6 Å². The second-order valence-corrected chi connectivity index (χ2v) is 9.43. The average Bonchev–Trinajstić information content (AvgIpc) is 3.37. The molecule has 1 aromatic rings. The minimum Gasteiger partial charge on any atom is -0.468 e. The van der Waals surface area contributed by atoms with Crippen LogP contribution in [-0.2, 0) is 30.3 Å². The molecule has 0 saturated carbocycles. The summed E-state index contributed by atoms with van der Waals surface area (Å²) in [4.78, 5) is 40.9. The number of anilines is 1. The van der Waals surface area contributed by atoms with Crippen LogP contribution in [0.3, 0.4) is 0 Å². The lowest BCUT2D eigenvalue weighted by Gasteiger charge is -2.36. The highest BCUT2D eigenvalue weighted by molar-refractivity contribution is 5.86. The van der Waals surface area contributed by atoms with E-state index in [4.69, 9.17) is 9.47 Å². The van der Waals surface area contributed by atoms with Crippen LogP contribution in [0.25, 0.3) is 0 Å². The van der Waals surface area contributed by atoms with E-state index < -0.39 is 6.04 Å². The third-order valence-electron chi connectivity index (χ3n) is 7.28. The summed E-state index contributed by atoms with van der Waals surface area (Å²) < 4.78 is 9.85. The maximum absolute atomic E-state index is 12.8. The first-order chi connectivity index (χ1) is 16.4. The molecule has 0 unspecified atom stereocenters. The molecule has 3 rings (SSSR count). The van der Waals surface area contributed by atoms with Crippen LogP contribution in [0.5, 0.6) is 0 Å². The molecule has 0 spiro atoms. The monoisotopic (exact) mass is 473 g/mol. The van der Waals surface area contributed by atoms with E-state index in [0.717, 1.165) is 50.0 Å². The van der Waals surface area contributed by atoms with Gasteiger partial charge in [-0.2, -0.15) is 0 Å². The molecule has 2 aliphatic rings. The molecular weight excluding hydrogens is 434 g/mol. The van der Waals surface area contributed by atoms with Crippen LogP contribution in [-0.4, -0.2) is 74.7 Å². The molecule has 3 atom stereocenters. The van der Waals surface area contributed by atoms with Crippen LogP contribution in [0.4, 0.5) is 5.69 Å². The predicted molar refractivity (Wildman–Crippen MR) is 131 cm³/mol. The smallest absolute Gasteiger partial charge is 0.328 e. The van der Waals surface area contributed by atoms with Gasteiger partial charge < -0.3 is 24.6 Å². The third-order valence-corrected chi connectivity index (χ3v) is 7.28. The Morgan fingerprint density at radius 3 is 2.29 bits per heavy atom. The topological polar surface area (TPSA) is 88.2 Å². The quantitative estimate of drug-likeness (QED) is 0.552. The van der Waals surface area contributed by atoms with E-state index in [2.05, 4.69) is 36.2 Å². The Balaban J connectivity index is 1.51. The van der Waals surface area contributed by atoms with E-state index in [-0.39, 0.29) is 42.3 Å². The molecule has 2 saturated heterocycles. The van der Waals surface area contributed by atoms with Gasteiger partial charge in [0.1, 0.15) is 12.1 Å². The summed E-state index contributed by atoms with van der Waals surface area (Å²) in [6.07, 6.45) is 4.60. The summed E-state index contributed by atoms with van der Waals surface area (Å²) in [7, 11) is 2.81. The number of likely N-dealkylation sites (tertiary alicyclic amines) is 1. The second kappa shape index (κ2) is 12.2. The zero-order chi connectivity index (χ0) is 24.7. The van der Waals surface area contributed by atoms with Crippen LogP contribution in [0.1, 0.15) is 51.5 Å². The summed E-state index contributed by atoms with van der Waals surface area (Å²) in [5.74, 6) is -0.326. The minimum absolute atomic E-state index is 0.0333. The van der Waals surface area contributed by atoms with Gasteiger partial charge in [0.25, 0.3) is 0 Å². The molecule has 0 aliphatic carbocycles. The van der Waals surface area contributed by atoms with Crippen molar-refractivity contribution < 1.29 is 23.9 Å². The number of carbonyl (C=O) groups is 3. The van der Waals surface area contributed by atoms with Crippen molar-refractivity contribution in [2.75, 3.05) is 38.8 Å². The molecule has 0 radical (unpaired) electrons. The van der Waals surface area contributed by atoms with Crippen molar-refractivity contribution in [1.29, 1.82) is 0 Å². The summed E-state index contributed by atoms with van der Waals surface area (Å²) in [6.45, 7) is 6.57. The van der Waals surface area contributed by atoms with Crippen molar-refractivity contribution in [2.24, 2.45) is 5.92 Å². The number of ether oxygens (including phenoxy) is 2. The SMILES string of the molecule is CC[C@H](C)[C@H](NC1CCN(c2ccc(CC(=O)N3CCC[C@H]3C(=O)OC)cc2)CC1)C(=O)OC. The lowest BCUT2D eigenvalue weighted by Crippen LogP contribution is -2.51. The van der Waals surface area contributed by atoms with Gasteiger partial charge in [0.15, 0.2) is 0 Å². The van der Waals surface area contributed by atoms with E-state index in [1.807, 2.05) is 12.1 Å². The maximum Gasteiger partial charge on any atom is 0.328 e. The lowest BCUT2D eigenvalue weighted by atomic mass is 9.96. The van der Waals surface area contributed by atoms with Gasteiger partial charge in [0.2, 0.25) is 5.91 Å². The molecule has 8 nitrogen and oxygen atoms in total. The molecule has 1 amide bonds. The zero-order valence-corrected chi connectivity index (χ0v) is 20.9. The molecule has 8 heteroatoms. The normalized spacial score (nSPS) is 20.6. The Hall–Kier alpha value is -2.61. The number of piperidine rings is 1. The molecule has 1 N–H and O–H groups in total. The third kappa shape index (κ3) is 6.29. The first kappa shape index (κ1) is 26.0. The van der Waals surface area contributed by atoms with Gasteiger partial charge in [0, 0.05) is 31.4 Å². The minimum atomic E-state index is -0.453. The molecule has 2 aliphatic heterocycles. The average molecular weight is 474 g/mol. The van der Waals surface area contributed by atoms with Crippen molar-refractivity contribution in [1.82, 2.24) is 10.2 Å². The summed E-state index contributed by atoms with van der Waals surface area (Å²) in [6, 6.07) is 7.69. The lowest BCUT2D eigenvalue weighted by molar-refractivity contribution is -0.150. The highest BCUT2D eigenvalue weighted by atomic mass is 16.5. The number of methoxy groups -OCH3 is 2. The molecule has 0 bridgehead atoms. The molecule has 1 aromatic carbocycles. The molecule has 0 aromatic heterocycles. The zero-order valence-electron chi connectivity index (χ0n) is 20.9. The standard InChI is InChI=1S/C26H39N3O5/c1-5-18(2)24(26(32)34-4)27-20-12-15-28(16-13-20)21-10-8-19(9-11-21)17-23(30)29-14-6-7-22(29)25(31)33-3/h8-11,18,20,22,24,27H,5-7,12-17H2,1-4H3/t18-,22-,24-/m0/s1. The largest absolute Gasteiger partial charge is 0.468 e. The predicted octanol–water partition coefficient (Wildman–Crippen LogP) is 2.54. The number of nitrogens with one attached hydrogen (secondary N) is 1. The Morgan fingerprint density at radius 2 is 1.71 bits per heavy atom. The fourth-order valence-corrected chi connectivity index (χ4v) is 4.93. The van der Waals surface area contributed by atoms with Gasteiger partial charge in [-0.1, -0.05) is 32.4 Å². The van der Waals surface area contributed by atoms with E-state index >= 15 is 0 Å². The molecular formula is C26H39N3O5. The first-order valence-electron chi connectivity index (χ1n) is 12.4. The van der Waals surface area contributed by atoms with Gasteiger partial charge in [-0.25, -0.2) is 4.79 Å². The molecule has 34 heavy (non-hydrogen) atoms. The highest BCUT2D eigenvalue weighted by Gasteiger charge is 2.34. The Bertz CT molecular complexity index is 835. The number of esters is 2. The van der Waals surface area contributed by atoms with Crippen molar-refractivity contribution in [2.45, 2.75) is 70.5 Å². The van der Waals surface area contributed by atoms with Crippen LogP contribution < -0.4 is 10.2 Å². The number of carbonyl (C=O) groups excluding carboxylic acids is 3. The van der Waals surface area contributed by atoms with Gasteiger partial charge in [-0.15, -0.1) is 0 Å². The Labute approximate surface area is 202 Å². The molecule has 188 valence electrons. The van der Waals surface area contributed by atoms with Crippen molar-refractivity contribution in [3.63, 3.8) is 0 Å². The number of hydrogen-bond acceptors (Lipinski definition) is 7. The van der Waals surface area contributed by atoms with E-state index in [0.29, 0.717) is 13.0 Å². The van der Waals surface area contributed by atoms with E-state index in [9.17, 15) is 14.4 Å². The van der Waals surface area contributed by atoms with Gasteiger partial charge in [-0.05, 0) is 49.3 Å². The summed E-state index contributed by atoms with van der Waals surface area (Å²) in [5, 5.41) is 3.53. The van der Waals surface area contributed by atoms with Crippen LogP contribution >= 0.6 is 0 Å². The number of benzene rings is 1. The number of nitrogens with zero attached hydrogens (tertiary/aromatic N) is 2. The van der Waals surface area contributed by atoms with Gasteiger partial charge in [-0.3, -0.25) is 9.59 Å². The van der Waals surface area contributed by atoms with Crippen molar-refractivity contribution in [3.8, 4) is 0 Å². The molecule has 2 heterocycles. The van der Waals surface area contributed by atoms with Crippen LogP contribution in [0.15, 0.2) is 24.3 Å². The first-order valence-corrected chi connectivity index (χ1v) is 12.4. The van der Waals surface area contributed by atoms with Gasteiger partial charge >= 0.3 is 11.9 Å². The Morgan fingerprint density at radius 1 is 1.03 bits per heavy atom. The number of rotatable bonds is 9. The summed E-state index contributed by atoms with van der Waals surface area (Å²) in [5.41, 5.74) is 2.07. The van der Waals surface area contributed by atoms with Crippen LogP contribution in [0, 0.1) is 5.92 Å². The van der Waals surface area contributed by atoms with Crippen molar-refractivity contribution in [3.05, 3.63) is 29.8 Å².